The molecule has 0 radical (unpaired) electrons. The predicted molar refractivity (Wildman–Crippen MR) is 87.7 cm³/mol. The van der Waals surface area contributed by atoms with E-state index in [0.29, 0.717) is 12.1 Å². The Kier molecular flexibility index (Phi) is 5.89. The third-order valence-electron chi connectivity index (χ3n) is 3.42. The highest BCUT2D eigenvalue weighted by Gasteiger charge is 2.12. The molecule has 2 aromatic heterocycles. The predicted octanol–water partition coefficient (Wildman–Crippen LogP) is 2.96. The molecule has 0 aliphatic carbocycles. The molecule has 0 aliphatic rings. The summed E-state index contributed by atoms with van der Waals surface area (Å²) in [5.41, 5.74) is 2.58. The van der Waals surface area contributed by atoms with Crippen molar-refractivity contribution in [1.82, 2.24) is 14.9 Å². The summed E-state index contributed by atoms with van der Waals surface area (Å²) >= 11 is 0. The lowest BCUT2D eigenvalue weighted by molar-refractivity contribution is 0.0793. The summed E-state index contributed by atoms with van der Waals surface area (Å²) in [4.78, 5) is 22.2. The Hall–Kier alpha value is -2.43. The van der Waals surface area contributed by atoms with E-state index in [4.69, 9.17) is 0 Å². The fourth-order valence-corrected chi connectivity index (χ4v) is 2.08. The summed E-state index contributed by atoms with van der Waals surface area (Å²) in [5, 5.41) is 3.28. The number of hydrogen-bond donors (Lipinski definition) is 1. The normalized spacial score (nSPS) is 10.3. The second-order valence-electron chi connectivity index (χ2n) is 5.25. The first kappa shape index (κ1) is 15.9. The van der Waals surface area contributed by atoms with E-state index in [9.17, 15) is 4.79 Å². The summed E-state index contributed by atoms with van der Waals surface area (Å²) in [6.45, 7) is 3.56. The van der Waals surface area contributed by atoms with Crippen LogP contribution in [-0.2, 0) is 6.54 Å². The van der Waals surface area contributed by atoms with Crippen LogP contribution in [0, 0.1) is 0 Å². The number of rotatable bonds is 7. The van der Waals surface area contributed by atoms with Gasteiger partial charge in [0.25, 0.3) is 5.91 Å². The smallest absolute Gasteiger partial charge is 0.255 e. The molecule has 2 rings (SSSR count). The molecule has 1 amide bonds. The Bertz CT molecular complexity index is 601. The molecule has 116 valence electrons. The van der Waals surface area contributed by atoms with Crippen LogP contribution < -0.4 is 5.32 Å². The summed E-state index contributed by atoms with van der Waals surface area (Å²) in [5.74, 6) is 0.00788. The second kappa shape index (κ2) is 8.12. The van der Waals surface area contributed by atoms with E-state index in [2.05, 4.69) is 22.2 Å². The van der Waals surface area contributed by atoms with Crippen molar-refractivity contribution in [2.45, 2.75) is 26.3 Å². The molecule has 0 fully saturated rings. The lowest BCUT2D eigenvalue weighted by Crippen LogP contribution is -2.27. The summed E-state index contributed by atoms with van der Waals surface area (Å²) in [6, 6.07) is 5.75. The SMILES string of the molecule is CCCCN(C)C(=O)c1cncc(NCc2ccncc2)c1. The van der Waals surface area contributed by atoms with Crippen molar-refractivity contribution in [3.8, 4) is 0 Å². The number of unbranched alkanes of at least 4 members (excludes halogenated alkanes) is 1. The van der Waals surface area contributed by atoms with Gasteiger partial charge in [0, 0.05) is 44.9 Å². The topological polar surface area (TPSA) is 58.1 Å². The molecular formula is C17H22N4O. The van der Waals surface area contributed by atoms with Gasteiger partial charge < -0.3 is 10.2 Å². The zero-order valence-corrected chi connectivity index (χ0v) is 13.1. The quantitative estimate of drug-likeness (QED) is 0.854. The summed E-state index contributed by atoms with van der Waals surface area (Å²) in [6.07, 6.45) is 8.95. The van der Waals surface area contributed by atoms with Crippen LogP contribution in [0.15, 0.2) is 43.0 Å². The Morgan fingerprint density at radius 2 is 2.00 bits per heavy atom. The molecule has 1 N–H and O–H groups in total. The number of nitrogens with one attached hydrogen (secondary N) is 1. The number of amides is 1. The van der Waals surface area contributed by atoms with E-state index in [0.717, 1.165) is 30.6 Å². The van der Waals surface area contributed by atoms with Crippen LogP contribution in [0.1, 0.15) is 35.7 Å². The molecule has 0 aromatic carbocycles. The Morgan fingerprint density at radius 3 is 2.73 bits per heavy atom. The number of aromatic nitrogens is 2. The molecule has 0 unspecified atom stereocenters. The third kappa shape index (κ3) is 4.55. The maximum Gasteiger partial charge on any atom is 0.255 e. The number of pyridine rings is 2. The average molecular weight is 298 g/mol. The molecule has 22 heavy (non-hydrogen) atoms. The molecule has 0 spiro atoms. The van der Waals surface area contributed by atoms with Gasteiger partial charge in [0.05, 0.1) is 11.3 Å². The lowest BCUT2D eigenvalue weighted by Gasteiger charge is -2.17. The number of hydrogen-bond acceptors (Lipinski definition) is 4. The van der Waals surface area contributed by atoms with Crippen LogP contribution in [-0.4, -0.2) is 34.4 Å². The van der Waals surface area contributed by atoms with Crippen molar-refractivity contribution in [1.29, 1.82) is 0 Å². The molecular weight excluding hydrogens is 276 g/mol. The largest absolute Gasteiger partial charge is 0.380 e. The standard InChI is InChI=1S/C17H22N4O/c1-3-4-9-21(2)17(22)15-10-16(13-19-12-15)20-11-14-5-7-18-8-6-14/h5-8,10,12-13,20H,3-4,9,11H2,1-2H3. The zero-order valence-electron chi connectivity index (χ0n) is 13.1. The van der Waals surface area contributed by atoms with Crippen LogP contribution in [0.4, 0.5) is 5.69 Å². The van der Waals surface area contributed by atoms with Crippen LogP contribution in [0.3, 0.4) is 0 Å². The first-order chi connectivity index (χ1) is 10.7. The third-order valence-corrected chi connectivity index (χ3v) is 3.42. The molecule has 0 bridgehead atoms. The first-order valence-corrected chi connectivity index (χ1v) is 7.54. The molecule has 0 aliphatic heterocycles. The van der Waals surface area contributed by atoms with Gasteiger partial charge in [-0.25, -0.2) is 0 Å². The molecule has 0 saturated carbocycles. The average Bonchev–Trinajstić information content (AvgIpc) is 2.58. The van der Waals surface area contributed by atoms with E-state index in [-0.39, 0.29) is 5.91 Å². The van der Waals surface area contributed by atoms with Crippen molar-refractivity contribution < 1.29 is 4.79 Å². The highest BCUT2D eigenvalue weighted by Crippen LogP contribution is 2.12. The Morgan fingerprint density at radius 1 is 1.23 bits per heavy atom. The minimum atomic E-state index is 0.00788. The van der Waals surface area contributed by atoms with Gasteiger partial charge >= 0.3 is 0 Å². The number of anilines is 1. The van der Waals surface area contributed by atoms with Gasteiger partial charge in [-0.3, -0.25) is 14.8 Å². The molecule has 5 nitrogen and oxygen atoms in total. The number of carbonyl (C=O) groups is 1. The molecule has 0 saturated heterocycles. The fourth-order valence-electron chi connectivity index (χ4n) is 2.08. The van der Waals surface area contributed by atoms with Crippen molar-refractivity contribution in [3.05, 3.63) is 54.1 Å². The van der Waals surface area contributed by atoms with E-state index >= 15 is 0 Å². The van der Waals surface area contributed by atoms with Gasteiger partial charge in [-0.2, -0.15) is 0 Å². The molecule has 5 heteroatoms. The van der Waals surface area contributed by atoms with Crippen LogP contribution >= 0.6 is 0 Å². The highest BCUT2D eigenvalue weighted by molar-refractivity contribution is 5.94. The van der Waals surface area contributed by atoms with Gasteiger partial charge in [-0.05, 0) is 30.2 Å². The minimum Gasteiger partial charge on any atom is -0.380 e. The van der Waals surface area contributed by atoms with Gasteiger partial charge in [-0.15, -0.1) is 0 Å². The Labute approximate surface area is 131 Å². The molecule has 0 atom stereocenters. The lowest BCUT2D eigenvalue weighted by atomic mass is 10.2. The van der Waals surface area contributed by atoms with Gasteiger partial charge in [0.15, 0.2) is 0 Å². The molecule has 2 heterocycles. The molecule has 2 aromatic rings. The van der Waals surface area contributed by atoms with E-state index < -0.39 is 0 Å². The van der Waals surface area contributed by atoms with Crippen molar-refractivity contribution in [3.63, 3.8) is 0 Å². The van der Waals surface area contributed by atoms with Crippen LogP contribution in [0.25, 0.3) is 0 Å². The highest BCUT2D eigenvalue weighted by atomic mass is 16.2. The fraction of sp³-hybridized carbons (Fsp3) is 0.353. The van der Waals surface area contributed by atoms with Crippen molar-refractivity contribution >= 4 is 11.6 Å². The van der Waals surface area contributed by atoms with Gasteiger partial charge in [-0.1, -0.05) is 13.3 Å². The number of nitrogens with zero attached hydrogens (tertiary/aromatic N) is 3. The summed E-state index contributed by atoms with van der Waals surface area (Å²) in [7, 11) is 1.83. The van der Waals surface area contributed by atoms with Crippen molar-refractivity contribution in [2.75, 3.05) is 18.9 Å². The van der Waals surface area contributed by atoms with E-state index in [1.165, 1.54) is 0 Å². The minimum absolute atomic E-state index is 0.00788. The second-order valence-corrected chi connectivity index (χ2v) is 5.25. The maximum absolute atomic E-state index is 12.3. The van der Waals surface area contributed by atoms with E-state index in [1.54, 1.807) is 29.7 Å². The van der Waals surface area contributed by atoms with Crippen molar-refractivity contribution in [2.24, 2.45) is 0 Å². The Balaban J connectivity index is 1.98. The van der Waals surface area contributed by atoms with Gasteiger partial charge in [0.2, 0.25) is 0 Å². The monoisotopic (exact) mass is 298 g/mol. The van der Waals surface area contributed by atoms with Crippen LogP contribution in [0.5, 0.6) is 0 Å². The van der Waals surface area contributed by atoms with E-state index in [1.807, 2.05) is 25.2 Å². The first-order valence-electron chi connectivity index (χ1n) is 7.54. The zero-order chi connectivity index (χ0) is 15.8. The van der Waals surface area contributed by atoms with Gasteiger partial charge in [0.1, 0.15) is 0 Å². The van der Waals surface area contributed by atoms with Crippen LogP contribution in [0.2, 0.25) is 0 Å². The summed E-state index contributed by atoms with van der Waals surface area (Å²) < 4.78 is 0. The number of carbonyl (C=O) groups excluding carboxylic acids is 1. The maximum atomic E-state index is 12.3.